The van der Waals surface area contributed by atoms with Gasteiger partial charge in [0, 0.05) is 19.1 Å². The van der Waals surface area contributed by atoms with Gasteiger partial charge >= 0.3 is 0 Å². The maximum Gasteiger partial charge on any atom is 0.200 e. The van der Waals surface area contributed by atoms with Crippen LogP contribution >= 0.6 is 23.2 Å². The number of halogens is 2. The summed E-state index contributed by atoms with van der Waals surface area (Å²) in [7, 11) is 4.19. The van der Waals surface area contributed by atoms with E-state index in [9.17, 15) is 0 Å². The zero-order valence-electron chi connectivity index (χ0n) is 15.8. The number of benzene rings is 1. The highest BCUT2D eigenvalue weighted by Gasteiger charge is 2.22. The van der Waals surface area contributed by atoms with Crippen LogP contribution in [0.1, 0.15) is 19.4 Å². The lowest BCUT2D eigenvalue weighted by molar-refractivity contribution is 0.233. The molecule has 2 aromatic heterocycles. The first-order valence-corrected chi connectivity index (χ1v) is 9.51. The van der Waals surface area contributed by atoms with E-state index in [2.05, 4.69) is 58.4 Å². The van der Waals surface area contributed by atoms with Gasteiger partial charge in [-0.05, 0) is 60.3 Å². The van der Waals surface area contributed by atoms with Crippen LogP contribution in [0.15, 0.2) is 30.3 Å². The van der Waals surface area contributed by atoms with E-state index < -0.39 is 0 Å². The molecule has 0 fully saturated rings. The molecule has 3 aromatic rings. The van der Waals surface area contributed by atoms with Gasteiger partial charge in [0.25, 0.3) is 0 Å². The molecule has 0 aliphatic heterocycles. The van der Waals surface area contributed by atoms with Crippen LogP contribution in [0.25, 0.3) is 5.65 Å². The number of anilines is 1. The normalized spacial score (nSPS) is 12.9. The van der Waals surface area contributed by atoms with Crippen molar-refractivity contribution in [3.05, 3.63) is 45.9 Å². The lowest BCUT2D eigenvalue weighted by Gasteiger charge is -2.34. The Morgan fingerprint density at radius 2 is 1.85 bits per heavy atom. The molecule has 1 atom stereocenters. The minimum absolute atomic E-state index is 0.346. The van der Waals surface area contributed by atoms with E-state index in [0.717, 1.165) is 17.9 Å². The van der Waals surface area contributed by atoms with Crippen LogP contribution in [0, 0.1) is 5.92 Å². The second-order valence-corrected chi connectivity index (χ2v) is 7.94. The van der Waals surface area contributed by atoms with Crippen molar-refractivity contribution in [3.8, 4) is 0 Å². The molecular formula is C18H23Cl2N7. The molecule has 144 valence electrons. The van der Waals surface area contributed by atoms with Crippen LogP contribution in [0.3, 0.4) is 0 Å². The van der Waals surface area contributed by atoms with Gasteiger partial charge in [-0.1, -0.05) is 43.1 Å². The first-order chi connectivity index (χ1) is 12.8. The molecule has 9 heteroatoms. The molecule has 0 radical (unpaired) electrons. The quantitative estimate of drug-likeness (QED) is 0.597. The van der Waals surface area contributed by atoms with Crippen molar-refractivity contribution in [2.24, 2.45) is 5.92 Å². The summed E-state index contributed by atoms with van der Waals surface area (Å²) in [6, 6.07) is 9.85. The maximum absolute atomic E-state index is 6.21. The maximum atomic E-state index is 6.21. The molecule has 3 rings (SSSR count). The molecule has 0 aliphatic carbocycles. The average molecular weight is 408 g/mol. The first-order valence-electron chi connectivity index (χ1n) is 8.76. The van der Waals surface area contributed by atoms with E-state index in [0.29, 0.717) is 34.2 Å². The minimum Gasteiger partial charge on any atom is -0.349 e. The van der Waals surface area contributed by atoms with Gasteiger partial charge in [-0.25, -0.2) is 0 Å². The fourth-order valence-corrected chi connectivity index (χ4v) is 3.42. The second kappa shape index (κ2) is 8.37. The molecule has 7 nitrogen and oxygen atoms in total. The molecule has 0 unspecified atom stereocenters. The molecule has 0 saturated heterocycles. The van der Waals surface area contributed by atoms with Gasteiger partial charge in [0.2, 0.25) is 0 Å². The van der Waals surface area contributed by atoms with Crippen LogP contribution in [-0.4, -0.2) is 56.8 Å². The Bertz CT molecular complexity index is 902. The summed E-state index contributed by atoms with van der Waals surface area (Å²) in [5.41, 5.74) is 1.67. The lowest BCUT2D eigenvalue weighted by Crippen LogP contribution is -2.43. The topological polar surface area (TPSA) is 62.5 Å². The third kappa shape index (κ3) is 4.66. The van der Waals surface area contributed by atoms with Crippen LogP contribution < -0.4 is 4.90 Å². The fourth-order valence-electron chi connectivity index (χ4n) is 3.10. The summed E-state index contributed by atoms with van der Waals surface area (Å²) >= 11 is 12.3. The number of hydrogen-bond acceptors (Lipinski definition) is 6. The number of nitrogens with zero attached hydrogens (tertiary/aromatic N) is 7. The van der Waals surface area contributed by atoms with Crippen molar-refractivity contribution in [1.29, 1.82) is 0 Å². The van der Waals surface area contributed by atoms with Gasteiger partial charge in [0.1, 0.15) is 0 Å². The zero-order valence-corrected chi connectivity index (χ0v) is 17.4. The third-order valence-electron chi connectivity index (χ3n) is 4.58. The van der Waals surface area contributed by atoms with Crippen LogP contribution in [0.2, 0.25) is 10.0 Å². The monoisotopic (exact) mass is 407 g/mol. The lowest BCUT2D eigenvalue weighted by atomic mass is 10.0. The fraction of sp³-hybridized carbons (Fsp3) is 0.444. The van der Waals surface area contributed by atoms with Crippen LogP contribution in [-0.2, 0) is 6.54 Å². The average Bonchev–Trinajstić information content (AvgIpc) is 3.08. The van der Waals surface area contributed by atoms with E-state index >= 15 is 0 Å². The molecule has 1 aromatic carbocycles. The number of tetrazole rings is 1. The van der Waals surface area contributed by atoms with E-state index in [-0.39, 0.29) is 0 Å². The largest absolute Gasteiger partial charge is 0.349 e. The Balaban J connectivity index is 1.95. The Labute approximate surface area is 168 Å². The van der Waals surface area contributed by atoms with E-state index in [1.165, 1.54) is 4.63 Å². The van der Waals surface area contributed by atoms with Crippen molar-refractivity contribution in [1.82, 2.24) is 30.2 Å². The molecule has 0 N–H and O–H groups in total. The van der Waals surface area contributed by atoms with Gasteiger partial charge in [-0.3, -0.25) is 0 Å². The predicted octanol–water partition coefficient (Wildman–Crippen LogP) is 3.42. The molecule has 0 spiro atoms. The summed E-state index contributed by atoms with van der Waals surface area (Å²) in [5.74, 6) is 1.28. The van der Waals surface area contributed by atoms with Gasteiger partial charge < -0.3 is 9.80 Å². The van der Waals surface area contributed by atoms with Gasteiger partial charge in [0.15, 0.2) is 11.5 Å². The molecule has 0 aliphatic rings. The Kier molecular flexibility index (Phi) is 6.14. The highest BCUT2D eigenvalue weighted by atomic mass is 35.5. The zero-order chi connectivity index (χ0) is 19.6. The smallest absolute Gasteiger partial charge is 0.200 e. The van der Waals surface area contributed by atoms with E-state index in [1.807, 2.05) is 30.3 Å². The Morgan fingerprint density at radius 3 is 2.52 bits per heavy atom. The second-order valence-electron chi connectivity index (χ2n) is 7.12. The summed E-state index contributed by atoms with van der Waals surface area (Å²) < 4.78 is 1.44. The standard InChI is InChI=1S/C18H23Cl2N7/c1-12(2)16(25(3)4)11-26(10-13-5-6-14(19)15(20)9-13)18-8-7-17-21-23-24-27(17)22-18/h5-9,12,16H,10-11H2,1-4H3/t16-/m0/s1. The van der Waals surface area contributed by atoms with Gasteiger partial charge in [0.05, 0.1) is 10.0 Å². The van der Waals surface area contributed by atoms with Crippen LogP contribution in [0.4, 0.5) is 5.82 Å². The predicted molar refractivity (Wildman–Crippen MR) is 108 cm³/mol. The summed E-state index contributed by atoms with van der Waals surface area (Å²) in [6.07, 6.45) is 0. The number of rotatable bonds is 7. The van der Waals surface area contributed by atoms with Crippen molar-refractivity contribution in [3.63, 3.8) is 0 Å². The van der Waals surface area contributed by atoms with Crippen molar-refractivity contribution in [2.45, 2.75) is 26.4 Å². The van der Waals surface area contributed by atoms with Gasteiger partial charge in [-0.15, -0.1) is 14.8 Å². The minimum atomic E-state index is 0.346. The van der Waals surface area contributed by atoms with E-state index in [1.54, 1.807) is 0 Å². The molecule has 2 heterocycles. The van der Waals surface area contributed by atoms with Crippen LogP contribution in [0.5, 0.6) is 0 Å². The highest BCUT2D eigenvalue weighted by Crippen LogP contribution is 2.25. The number of aromatic nitrogens is 5. The Hall–Kier alpha value is -1.96. The van der Waals surface area contributed by atoms with E-state index in [4.69, 9.17) is 23.2 Å². The molecule has 27 heavy (non-hydrogen) atoms. The number of hydrogen-bond donors (Lipinski definition) is 0. The molecule has 0 saturated carbocycles. The molecule has 0 amide bonds. The highest BCUT2D eigenvalue weighted by molar-refractivity contribution is 6.42. The molecular weight excluding hydrogens is 385 g/mol. The van der Waals surface area contributed by atoms with Gasteiger partial charge in [-0.2, -0.15) is 0 Å². The first kappa shape index (κ1) is 19.8. The van der Waals surface area contributed by atoms with Crippen molar-refractivity contribution in [2.75, 3.05) is 25.5 Å². The van der Waals surface area contributed by atoms with Crippen molar-refractivity contribution >= 4 is 34.7 Å². The molecule has 0 bridgehead atoms. The third-order valence-corrected chi connectivity index (χ3v) is 5.32. The summed E-state index contributed by atoms with van der Waals surface area (Å²) in [6.45, 7) is 5.89. The summed E-state index contributed by atoms with van der Waals surface area (Å²) in [4.78, 5) is 4.45. The Morgan fingerprint density at radius 1 is 1.07 bits per heavy atom. The number of fused-ring (bicyclic) bond motifs is 1. The SMILES string of the molecule is CC(C)[C@H](CN(Cc1ccc(Cl)c(Cl)c1)c1ccc2nnnn2n1)N(C)C. The van der Waals surface area contributed by atoms with Crippen molar-refractivity contribution < 1.29 is 0 Å². The summed E-state index contributed by atoms with van der Waals surface area (Å²) in [5, 5.41) is 17.2. The number of likely N-dealkylation sites (N-methyl/N-ethyl adjacent to an activating group) is 1.